The van der Waals surface area contributed by atoms with Crippen LogP contribution in [0, 0.1) is 0 Å². The molecule has 158 valence electrons. The molecule has 0 bridgehead atoms. The van der Waals surface area contributed by atoms with Crippen LogP contribution in [0.25, 0.3) is 21.3 Å². The minimum absolute atomic E-state index is 0.0137. The molecule has 0 unspecified atom stereocenters. The van der Waals surface area contributed by atoms with Crippen molar-refractivity contribution in [2.24, 2.45) is 0 Å². The predicted molar refractivity (Wildman–Crippen MR) is 120 cm³/mol. The molecule has 2 aromatic carbocycles. The van der Waals surface area contributed by atoms with Gasteiger partial charge in [-0.3, -0.25) is 14.8 Å². The summed E-state index contributed by atoms with van der Waals surface area (Å²) in [6.07, 6.45) is 3.29. The Balaban J connectivity index is 1.33. The van der Waals surface area contributed by atoms with E-state index in [0.717, 1.165) is 37.9 Å². The maximum absolute atomic E-state index is 13.0. The van der Waals surface area contributed by atoms with Gasteiger partial charge >= 0.3 is 0 Å². The van der Waals surface area contributed by atoms with Gasteiger partial charge < -0.3 is 19.3 Å². The zero-order valence-corrected chi connectivity index (χ0v) is 18.1. The summed E-state index contributed by atoms with van der Waals surface area (Å²) < 4.78 is 11.9. The molecule has 4 aromatic rings. The SMILES string of the molecule is COc1ccc(OC)c2sc(N3CCN(C(=O)c4ccc5nccnc5c4)CC3)nc12. The highest BCUT2D eigenvalue weighted by molar-refractivity contribution is 7.22. The van der Waals surface area contributed by atoms with Gasteiger partial charge in [0.2, 0.25) is 0 Å². The number of piperazine rings is 1. The van der Waals surface area contributed by atoms with Gasteiger partial charge in [0.05, 0.1) is 25.3 Å². The van der Waals surface area contributed by atoms with Gasteiger partial charge in [-0.25, -0.2) is 4.98 Å². The second-order valence-electron chi connectivity index (χ2n) is 7.18. The number of thiazole rings is 1. The molecule has 1 aliphatic rings. The molecule has 2 aromatic heterocycles. The monoisotopic (exact) mass is 435 g/mol. The van der Waals surface area contributed by atoms with E-state index >= 15 is 0 Å². The van der Waals surface area contributed by atoms with Gasteiger partial charge in [0, 0.05) is 44.1 Å². The zero-order valence-electron chi connectivity index (χ0n) is 17.2. The van der Waals surface area contributed by atoms with Crippen LogP contribution in [-0.2, 0) is 0 Å². The second-order valence-corrected chi connectivity index (χ2v) is 8.16. The fourth-order valence-corrected chi connectivity index (χ4v) is 4.92. The van der Waals surface area contributed by atoms with Crippen LogP contribution >= 0.6 is 11.3 Å². The van der Waals surface area contributed by atoms with Crippen molar-refractivity contribution in [1.29, 1.82) is 0 Å². The third-order valence-electron chi connectivity index (χ3n) is 5.45. The van der Waals surface area contributed by atoms with Crippen molar-refractivity contribution < 1.29 is 14.3 Å². The molecule has 9 heteroatoms. The second kappa shape index (κ2) is 7.99. The molecule has 0 atom stereocenters. The minimum Gasteiger partial charge on any atom is -0.495 e. The van der Waals surface area contributed by atoms with Crippen molar-refractivity contribution in [3.63, 3.8) is 0 Å². The Morgan fingerprint density at radius 1 is 0.935 bits per heavy atom. The average Bonchev–Trinajstić information content (AvgIpc) is 3.28. The lowest BCUT2D eigenvalue weighted by atomic mass is 10.1. The first kappa shape index (κ1) is 19.5. The minimum atomic E-state index is 0.0137. The van der Waals surface area contributed by atoms with E-state index in [9.17, 15) is 4.79 Å². The van der Waals surface area contributed by atoms with Crippen LogP contribution in [0.3, 0.4) is 0 Å². The summed E-state index contributed by atoms with van der Waals surface area (Å²) in [4.78, 5) is 30.5. The fraction of sp³-hybridized carbons (Fsp3) is 0.273. The molecule has 1 saturated heterocycles. The van der Waals surface area contributed by atoms with E-state index in [-0.39, 0.29) is 5.91 Å². The van der Waals surface area contributed by atoms with E-state index in [2.05, 4.69) is 14.9 Å². The molecule has 0 aliphatic carbocycles. The molecule has 3 heterocycles. The third kappa shape index (κ3) is 3.50. The number of hydrogen-bond donors (Lipinski definition) is 0. The van der Waals surface area contributed by atoms with Gasteiger partial charge in [0.15, 0.2) is 5.13 Å². The number of nitrogens with zero attached hydrogens (tertiary/aromatic N) is 5. The molecule has 5 rings (SSSR count). The molecule has 1 amide bonds. The van der Waals surface area contributed by atoms with Crippen LogP contribution in [-0.4, -0.2) is 66.2 Å². The lowest BCUT2D eigenvalue weighted by Crippen LogP contribution is -2.48. The van der Waals surface area contributed by atoms with E-state index in [4.69, 9.17) is 14.5 Å². The highest BCUT2D eigenvalue weighted by Gasteiger charge is 2.25. The Morgan fingerprint density at radius 3 is 2.39 bits per heavy atom. The van der Waals surface area contributed by atoms with Crippen molar-refractivity contribution in [3.05, 3.63) is 48.3 Å². The van der Waals surface area contributed by atoms with Gasteiger partial charge in [0.25, 0.3) is 5.91 Å². The number of fused-ring (bicyclic) bond motifs is 2. The smallest absolute Gasteiger partial charge is 0.254 e. The summed E-state index contributed by atoms with van der Waals surface area (Å²) in [6.45, 7) is 2.68. The predicted octanol–water partition coefficient (Wildman–Crippen LogP) is 3.22. The molecule has 0 spiro atoms. The Kier molecular flexibility index (Phi) is 5.03. The zero-order chi connectivity index (χ0) is 21.4. The maximum atomic E-state index is 13.0. The van der Waals surface area contributed by atoms with E-state index in [1.165, 1.54) is 0 Å². The number of benzene rings is 2. The lowest BCUT2D eigenvalue weighted by Gasteiger charge is -2.34. The van der Waals surface area contributed by atoms with Gasteiger partial charge in [0.1, 0.15) is 21.7 Å². The summed E-state index contributed by atoms with van der Waals surface area (Å²) in [6, 6.07) is 9.23. The van der Waals surface area contributed by atoms with Crippen LogP contribution < -0.4 is 14.4 Å². The van der Waals surface area contributed by atoms with Gasteiger partial charge in [-0.2, -0.15) is 0 Å². The normalized spacial score (nSPS) is 14.3. The largest absolute Gasteiger partial charge is 0.495 e. The summed E-state index contributed by atoms with van der Waals surface area (Å²) in [5.41, 5.74) is 2.95. The molecule has 1 aliphatic heterocycles. The molecule has 0 saturated carbocycles. The lowest BCUT2D eigenvalue weighted by molar-refractivity contribution is 0.0747. The number of anilines is 1. The van der Waals surface area contributed by atoms with Crippen LogP contribution in [0.4, 0.5) is 5.13 Å². The number of methoxy groups -OCH3 is 2. The fourth-order valence-electron chi connectivity index (χ4n) is 3.79. The quantitative estimate of drug-likeness (QED) is 0.487. The number of amides is 1. The standard InChI is InChI=1S/C22H21N5O3S/c1-29-17-5-6-18(30-2)20-19(17)25-22(31-20)27-11-9-26(10-12-27)21(28)14-3-4-15-16(13-14)24-8-7-23-15/h3-8,13H,9-12H2,1-2H3. The van der Waals surface area contributed by atoms with Crippen LogP contribution in [0.15, 0.2) is 42.7 Å². The Hall–Kier alpha value is -3.46. The Labute approximate surface area is 183 Å². The van der Waals surface area contributed by atoms with E-state index in [1.807, 2.05) is 35.2 Å². The summed E-state index contributed by atoms with van der Waals surface area (Å²) in [7, 11) is 3.30. The van der Waals surface area contributed by atoms with Gasteiger partial charge in [-0.15, -0.1) is 0 Å². The van der Waals surface area contributed by atoms with E-state index < -0.39 is 0 Å². The van der Waals surface area contributed by atoms with E-state index in [1.54, 1.807) is 38.0 Å². The van der Waals surface area contributed by atoms with E-state index in [0.29, 0.717) is 31.7 Å². The van der Waals surface area contributed by atoms with Crippen molar-refractivity contribution in [3.8, 4) is 11.5 Å². The topological polar surface area (TPSA) is 80.7 Å². The number of carbonyl (C=O) groups excluding carboxylic acids is 1. The Bertz CT molecular complexity index is 1230. The molecular weight excluding hydrogens is 414 g/mol. The van der Waals surface area contributed by atoms with Crippen LogP contribution in [0.2, 0.25) is 0 Å². The maximum Gasteiger partial charge on any atom is 0.254 e. The molecule has 1 fully saturated rings. The number of hydrogen-bond acceptors (Lipinski definition) is 8. The van der Waals surface area contributed by atoms with Crippen molar-refractivity contribution in [2.75, 3.05) is 45.3 Å². The molecule has 8 nitrogen and oxygen atoms in total. The summed E-state index contributed by atoms with van der Waals surface area (Å²) in [5, 5.41) is 0.908. The summed E-state index contributed by atoms with van der Waals surface area (Å²) >= 11 is 1.58. The van der Waals surface area contributed by atoms with Gasteiger partial charge in [-0.05, 0) is 30.3 Å². The van der Waals surface area contributed by atoms with Crippen LogP contribution in [0.1, 0.15) is 10.4 Å². The molecular formula is C22H21N5O3S. The first-order valence-electron chi connectivity index (χ1n) is 9.94. The van der Waals surface area contributed by atoms with Crippen molar-refractivity contribution in [1.82, 2.24) is 19.9 Å². The first-order chi connectivity index (χ1) is 15.2. The number of rotatable bonds is 4. The highest BCUT2D eigenvalue weighted by Crippen LogP contribution is 2.40. The summed E-state index contributed by atoms with van der Waals surface area (Å²) in [5.74, 6) is 1.53. The highest BCUT2D eigenvalue weighted by atomic mass is 32.1. The molecule has 0 N–H and O–H groups in total. The van der Waals surface area contributed by atoms with Crippen molar-refractivity contribution in [2.45, 2.75) is 0 Å². The van der Waals surface area contributed by atoms with Gasteiger partial charge in [-0.1, -0.05) is 11.3 Å². The number of carbonyl (C=O) groups is 1. The number of aromatic nitrogens is 3. The average molecular weight is 436 g/mol. The van der Waals surface area contributed by atoms with Crippen LogP contribution in [0.5, 0.6) is 11.5 Å². The first-order valence-corrected chi connectivity index (χ1v) is 10.8. The van der Waals surface area contributed by atoms with Crippen molar-refractivity contribution >= 4 is 43.6 Å². The third-order valence-corrected chi connectivity index (χ3v) is 6.58. The molecule has 31 heavy (non-hydrogen) atoms. The molecule has 0 radical (unpaired) electrons. The number of ether oxygens (including phenoxy) is 2. The Morgan fingerprint density at radius 2 is 1.65 bits per heavy atom.